The predicted molar refractivity (Wildman–Crippen MR) is 157 cm³/mol. The fourth-order valence-corrected chi connectivity index (χ4v) is 4.82. The van der Waals surface area contributed by atoms with Crippen molar-refractivity contribution in [3.05, 3.63) is 59.5 Å². The fourth-order valence-electron chi connectivity index (χ4n) is 4.82. The molecular formula is C29H33FN8O3. The van der Waals surface area contributed by atoms with Crippen molar-refractivity contribution in [1.82, 2.24) is 25.2 Å². The number of hydrogen-bond donors (Lipinski definition) is 4. The lowest BCUT2D eigenvalue weighted by Crippen LogP contribution is -2.36. The standard InChI is InChI=1S/C29H33FN8O3/c1-5-11-32-28(40)25-19(30)7-6-8-20(25)33-27-18-9-12-31-26(18)35-29(36-27)34-21-15-22-17(14-23(21)41-4)10-13-38(22)24(39)16-37(2)3/h6-9,12,14-15H,5,10-11,13,16H2,1-4H3,(H,32,40)(H3,31,33,34,35,36). The molecule has 4 N–H and O–H groups in total. The lowest BCUT2D eigenvalue weighted by atomic mass is 10.1. The number of H-pyrrole nitrogens is 1. The van der Waals surface area contributed by atoms with Crippen molar-refractivity contribution in [2.45, 2.75) is 19.8 Å². The monoisotopic (exact) mass is 560 g/mol. The second kappa shape index (κ2) is 11.8. The molecule has 0 bridgehead atoms. The molecule has 2 aromatic heterocycles. The predicted octanol–water partition coefficient (Wildman–Crippen LogP) is 4.18. The Balaban J connectivity index is 1.50. The topological polar surface area (TPSA) is 128 Å². The Hall–Kier alpha value is -4.71. The van der Waals surface area contributed by atoms with E-state index < -0.39 is 11.7 Å². The first-order valence-corrected chi connectivity index (χ1v) is 13.4. The molecule has 0 aliphatic carbocycles. The van der Waals surface area contributed by atoms with Crippen LogP contribution in [-0.4, -0.2) is 72.5 Å². The number of amides is 2. The summed E-state index contributed by atoms with van der Waals surface area (Å²) in [6.07, 6.45) is 3.17. The van der Waals surface area contributed by atoms with Gasteiger partial charge in [0.15, 0.2) is 0 Å². The van der Waals surface area contributed by atoms with Gasteiger partial charge in [0.25, 0.3) is 5.91 Å². The third kappa shape index (κ3) is 5.78. The first kappa shape index (κ1) is 27.8. The number of carbonyl (C=O) groups excluding carboxylic acids is 2. The average Bonchev–Trinajstić information content (AvgIpc) is 3.58. The van der Waals surface area contributed by atoms with Crippen LogP contribution in [0, 0.1) is 5.82 Å². The van der Waals surface area contributed by atoms with E-state index in [9.17, 15) is 14.0 Å². The molecule has 0 fully saturated rings. The maximum Gasteiger partial charge on any atom is 0.256 e. The number of halogens is 1. The van der Waals surface area contributed by atoms with Crippen molar-refractivity contribution in [3.8, 4) is 5.75 Å². The zero-order valence-corrected chi connectivity index (χ0v) is 23.5. The number of anilines is 5. The van der Waals surface area contributed by atoms with E-state index in [1.54, 1.807) is 30.3 Å². The highest BCUT2D eigenvalue weighted by atomic mass is 19.1. The van der Waals surface area contributed by atoms with Gasteiger partial charge in [-0.25, -0.2) is 4.39 Å². The second-order valence-electron chi connectivity index (χ2n) is 10.0. The number of likely N-dealkylation sites (N-methyl/N-ethyl adjacent to an activating group) is 1. The van der Waals surface area contributed by atoms with Gasteiger partial charge in [0.05, 0.1) is 36.0 Å². The number of fused-ring (bicyclic) bond motifs is 2. The summed E-state index contributed by atoms with van der Waals surface area (Å²) in [5.74, 6) is 0.0404. The van der Waals surface area contributed by atoms with Crippen molar-refractivity contribution >= 4 is 51.7 Å². The van der Waals surface area contributed by atoms with Crippen molar-refractivity contribution < 1.29 is 18.7 Å². The molecule has 214 valence electrons. The Labute approximate surface area is 237 Å². The lowest BCUT2D eigenvalue weighted by molar-refractivity contribution is -0.119. The second-order valence-corrected chi connectivity index (χ2v) is 10.0. The Morgan fingerprint density at radius 2 is 1.98 bits per heavy atom. The van der Waals surface area contributed by atoms with Gasteiger partial charge in [0, 0.05) is 25.0 Å². The highest BCUT2D eigenvalue weighted by molar-refractivity contribution is 6.02. The molecule has 2 amide bonds. The minimum atomic E-state index is -0.641. The normalized spacial score (nSPS) is 12.5. The Kier molecular flexibility index (Phi) is 8.02. The molecular weight excluding hydrogens is 527 g/mol. The van der Waals surface area contributed by atoms with Gasteiger partial charge < -0.3 is 35.5 Å². The molecule has 0 saturated heterocycles. The summed E-state index contributed by atoms with van der Waals surface area (Å²) in [6, 6.07) is 9.98. The van der Waals surface area contributed by atoms with Gasteiger partial charge in [0.2, 0.25) is 11.9 Å². The smallest absolute Gasteiger partial charge is 0.256 e. The van der Waals surface area contributed by atoms with Crippen LogP contribution in [0.5, 0.6) is 5.75 Å². The molecule has 0 spiro atoms. The van der Waals surface area contributed by atoms with E-state index in [0.29, 0.717) is 47.9 Å². The molecule has 4 aromatic rings. The van der Waals surface area contributed by atoms with Crippen LogP contribution in [-0.2, 0) is 11.2 Å². The van der Waals surface area contributed by atoms with Gasteiger partial charge in [-0.1, -0.05) is 13.0 Å². The summed E-state index contributed by atoms with van der Waals surface area (Å²) in [6.45, 7) is 3.24. The van der Waals surface area contributed by atoms with E-state index >= 15 is 0 Å². The molecule has 5 rings (SSSR count). The highest BCUT2D eigenvalue weighted by Gasteiger charge is 2.27. The molecule has 0 unspecified atom stereocenters. The highest BCUT2D eigenvalue weighted by Crippen LogP contribution is 2.39. The van der Waals surface area contributed by atoms with Crippen molar-refractivity contribution in [3.63, 3.8) is 0 Å². The number of nitrogens with one attached hydrogen (secondary N) is 4. The molecule has 0 atom stereocenters. The first-order valence-electron chi connectivity index (χ1n) is 13.4. The molecule has 1 aliphatic rings. The summed E-state index contributed by atoms with van der Waals surface area (Å²) in [5, 5.41) is 9.75. The van der Waals surface area contributed by atoms with Gasteiger partial charge in [-0.2, -0.15) is 9.97 Å². The van der Waals surface area contributed by atoms with E-state index in [1.807, 2.05) is 38.1 Å². The summed E-state index contributed by atoms with van der Waals surface area (Å²) in [5.41, 5.74) is 3.11. The number of nitrogens with zero attached hydrogens (tertiary/aromatic N) is 4. The number of hydrogen-bond acceptors (Lipinski definition) is 8. The largest absolute Gasteiger partial charge is 0.495 e. The fraction of sp³-hybridized carbons (Fsp3) is 0.310. The molecule has 11 nitrogen and oxygen atoms in total. The van der Waals surface area contributed by atoms with Gasteiger partial charge in [-0.15, -0.1) is 0 Å². The lowest BCUT2D eigenvalue weighted by Gasteiger charge is -2.21. The van der Waals surface area contributed by atoms with Crippen LogP contribution in [0.1, 0.15) is 29.3 Å². The molecule has 3 heterocycles. The van der Waals surface area contributed by atoms with Crippen LogP contribution in [0.25, 0.3) is 11.0 Å². The number of methoxy groups -OCH3 is 1. The number of aromatic nitrogens is 3. The van der Waals surface area contributed by atoms with E-state index in [1.165, 1.54) is 12.1 Å². The molecule has 12 heteroatoms. The van der Waals surface area contributed by atoms with E-state index in [0.717, 1.165) is 24.1 Å². The Morgan fingerprint density at radius 1 is 1.15 bits per heavy atom. The summed E-state index contributed by atoms with van der Waals surface area (Å²) in [7, 11) is 5.30. The van der Waals surface area contributed by atoms with Crippen LogP contribution in [0.4, 0.5) is 33.2 Å². The molecule has 0 radical (unpaired) electrons. The number of ether oxygens (including phenoxy) is 1. The van der Waals surface area contributed by atoms with Gasteiger partial charge >= 0.3 is 0 Å². The van der Waals surface area contributed by atoms with Gasteiger partial charge in [0.1, 0.15) is 23.0 Å². The summed E-state index contributed by atoms with van der Waals surface area (Å²) in [4.78, 5) is 41.6. The number of carbonyl (C=O) groups is 2. The molecule has 0 saturated carbocycles. The van der Waals surface area contributed by atoms with Crippen LogP contribution in [0.2, 0.25) is 0 Å². The minimum absolute atomic E-state index is 0.00859. The number of rotatable bonds is 10. The van der Waals surface area contributed by atoms with Crippen molar-refractivity contribution in [2.75, 3.05) is 56.4 Å². The zero-order chi connectivity index (χ0) is 29.1. The molecule has 2 aromatic carbocycles. The quantitative estimate of drug-likeness (QED) is 0.228. The molecule has 1 aliphatic heterocycles. The van der Waals surface area contributed by atoms with E-state index in [-0.39, 0.29) is 23.1 Å². The number of benzene rings is 2. The third-order valence-electron chi connectivity index (χ3n) is 6.74. The van der Waals surface area contributed by atoms with Crippen LogP contribution in [0.3, 0.4) is 0 Å². The Morgan fingerprint density at radius 3 is 2.73 bits per heavy atom. The summed E-state index contributed by atoms with van der Waals surface area (Å²) >= 11 is 0. The average molecular weight is 561 g/mol. The van der Waals surface area contributed by atoms with Crippen LogP contribution >= 0.6 is 0 Å². The van der Waals surface area contributed by atoms with Crippen molar-refractivity contribution in [2.24, 2.45) is 0 Å². The first-order chi connectivity index (χ1) is 19.8. The maximum absolute atomic E-state index is 14.8. The third-order valence-corrected chi connectivity index (χ3v) is 6.74. The maximum atomic E-state index is 14.8. The zero-order valence-electron chi connectivity index (χ0n) is 23.5. The minimum Gasteiger partial charge on any atom is -0.495 e. The van der Waals surface area contributed by atoms with Crippen LogP contribution < -0.4 is 25.6 Å². The van der Waals surface area contributed by atoms with E-state index in [2.05, 4.69) is 30.9 Å². The van der Waals surface area contributed by atoms with Gasteiger partial charge in [-0.3, -0.25) is 9.59 Å². The van der Waals surface area contributed by atoms with Gasteiger partial charge in [-0.05, 0) is 62.8 Å². The number of aromatic amines is 1. The van der Waals surface area contributed by atoms with Crippen LogP contribution in [0.15, 0.2) is 42.6 Å². The SMILES string of the molecule is CCCNC(=O)c1c(F)cccc1Nc1nc(Nc2cc3c(cc2OC)CCN3C(=O)CN(C)C)nc2[nH]ccc12. The summed E-state index contributed by atoms with van der Waals surface area (Å²) < 4.78 is 20.5. The van der Waals surface area contributed by atoms with E-state index in [4.69, 9.17) is 4.74 Å². The van der Waals surface area contributed by atoms with Crippen molar-refractivity contribution in [1.29, 1.82) is 0 Å². The molecule has 41 heavy (non-hydrogen) atoms. The Bertz CT molecular complexity index is 1600.